The molecule has 0 aromatic heterocycles. The van der Waals surface area contributed by atoms with Gasteiger partial charge in [0.05, 0.1) is 12.0 Å². The molecule has 1 saturated heterocycles. The highest BCUT2D eigenvalue weighted by atomic mass is 16.6. The first kappa shape index (κ1) is 26.7. The van der Waals surface area contributed by atoms with Gasteiger partial charge in [-0.1, -0.05) is 13.0 Å². The third-order valence-corrected chi connectivity index (χ3v) is 8.87. The molecule has 0 spiro atoms. The van der Waals surface area contributed by atoms with E-state index in [1.54, 1.807) is 33.9 Å². The minimum absolute atomic E-state index is 0.0924. The van der Waals surface area contributed by atoms with E-state index in [4.69, 9.17) is 15.2 Å². The van der Waals surface area contributed by atoms with Crippen LogP contribution in [0.1, 0.15) is 64.5 Å². The maximum Gasteiger partial charge on any atom is 0.324 e. The van der Waals surface area contributed by atoms with Gasteiger partial charge in [-0.15, -0.1) is 0 Å². The number of nitrogens with zero attached hydrogens (tertiary/aromatic N) is 1. The van der Waals surface area contributed by atoms with Crippen LogP contribution in [0.3, 0.4) is 0 Å². The summed E-state index contributed by atoms with van der Waals surface area (Å²) in [6, 6.07) is 2.49. The summed E-state index contributed by atoms with van der Waals surface area (Å²) in [6.07, 6.45) is 2.64. The van der Waals surface area contributed by atoms with E-state index < -0.39 is 34.5 Å². The average molecular weight is 504 g/mol. The summed E-state index contributed by atoms with van der Waals surface area (Å²) in [5, 5.41) is 25.1. The van der Waals surface area contributed by atoms with Crippen LogP contribution in [0, 0.1) is 5.92 Å². The number of benzene rings is 1. The van der Waals surface area contributed by atoms with Crippen LogP contribution in [0.5, 0.6) is 11.5 Å². The first-order valence-corrected chi connectivity index (χ1v) is 12.8. The number of hydrogen-bond acceptors (Lipinski definition) is 8. The van der Waals surface area contributed by atoms with Gasteiger partial charge < -0.3 is 35.6 Å². The van der Waals surface area contributed by atoms with Crippen molar-refractivity contribution >= 4 is 11.9 Å². The Morgan fingerprint density at radius 1 is 1.28 bits per heavy atom. The lowest BCUT2D eigenvalue weighted by atomic mass is 9.45. The Morgan fingerprint density at radius 3 is 2.58 bits per heavy atom. The van der Waals surface area contributed by atoms with Crippen molar-refractivity contribution in [3.8, 4) is 11.5 Å². The van der Waals surface area contributed by atoms with Crippen LogP contribution in [0.4, 0.5) is 0 Å². The summed E-state index contributed by atoms with van der Waals surface area (Å²) in [7, 11) is 3.85. The number of likely N-dealkylation sites (tertiary alicyclic amines) is 1. The number of aromatic hydroxyl groups is 2. The molecule has 1 amide bonds. The number of nitrogens with one attached hydrogen (secondary N) is 1. The maximum absolute atomic E-state index is 13.0. The molecular formula is C27H41N3O6. The van der Waals surface area contributed by atoms with E-state index in [1.165, 1.54) is 0 Å². The minimum atomic E-state index is -0.886. The van der Waals surface area contributed by atoms with Crippen molar-refractivity contribution in [3.63, 3.8) is 0 Å². The van der Waals surface area contributed by atoms with Crippen LogP contribution in [0.15, 0.2) is 12.1 Å². The zero-order chi connectivity index (χ0) is 26.6. The molecule has 200 valence electrons. The lowest BCUT2D eigenvalue weighted by Crippen LogP contribution is -2.77. The van der Waals surface area contributed by atoms with Gasteiger partial charge in [-0.2, -0.15) is 0 Å². The monoisotopic (exact) mass is 503 g/mol. The number of esters is 1. The molecular weight excluding hydrogens is 462 g/mol. The Hall–Kier alpha value is -2.36. The number of carbonyl (C=O) groups excluding carboxylic acids is 2. The Bertz CT molecular complexity index is 1040. The number of carbonyl (C=O) groups is 2. The molecule has 1 aromatic carbocycles. The fraction of sp³-hybridized carbons (Fsp3) is 0.704. The number of hydrogen-bond donors (Lipinski definition) is 4. The van der Waals surface area contributed by atoms with Gasteiger partial charge in [-0.25, -0.2) is 0 Å². The van der Waals surface area contributed by atoms with Crippen LogP contribution in [0.2, 0.25) is 0 Å². The first-order valence-electron chi connectivity index (χ1n) is 12.8. The number of likely N-dealkylation sites (N-methyl/N-ethyl adjacent to an activating group) is 1. The fourth-order valence-corrected chi connectivity index (χ4v) is 7.41. The SMILES string of the molecule is CO[C@@]12CCC(N[C@@H](CC(N)=O)C(=O)OC(C)(C)C)[C@H](C)[C@@]13CCN(C)C2Cc1ccc(O)c(O)c13. The second-order valence-electron chi connectivity index (χ2n) is 11.8. The van der Waals surface area contributed by atoms with E-state index in [1.807, 2.05) is 6.07 Å². The number of rotatable bonds is 6. The normalized spacial score (nSPS) is 32.8. The molecule has 2 aliphatic carbocycles. The number of fused-ring (bicyclic) bond motifs is 1. The van der Waals surface area contributed by atoms with Gasteiger partial charge in [0.2, 0.25) is 5.91 Å². The zero-order valence-electron chi connectivity index (χ0n) is 22.3. The number of nitrogens with two attached hydrogens (primary N) is 1. The van der Waals surface area contributed by atoms with Crippen LogP contribution < -0.4 is 11.1 Å². The van der Waals surface area contributed by atoms with Crippen LogP contribution in [-0.2, 0) is 30.9 Å². The number of amides is 1. The third-order valence-electron chi connectivity index (χ3n) is 8.87. The molecule has 2 fully saturated rings. The maximum atomic E-state index is 13.0. The van der Waals surface area contributed by atoms with Gasteiger partial charge in [0.15, 0.2) is 11.5 Å². The van der Waals surface area contributed by atoms with Gasteiger partial charge in [0, 0.05) is 30.2 Å². The highest BCUT2D eigenvalue weighted by Crippen LogP contribution is 2.64. The fourth-order valence-electron chi connectivity index (χ4n) is 7.41. The van der Waals surface area contributed by atoms with E-state index in [2.05, 4.69) is 24.2 Å². The molecule has 1 aromatic rings. The number of piperidine rings is 1. The van der Waals surface area contributed by atoms with Crippen molar-refractivity contribution in [1.29, 1.82) is 0 Å². The van der Waals surface area contributed by atoms with Gasteiger partial charge in [0.1, 0.15) is 11.6 Å². The molecule has 9 heteroatoms. The second kappa shape index (κ2) is 9.19. The summed E-state index contributed by atoms with van der Waals surface area (Å²) in [6.45, 7) is 8.27. The number of phenols is 2. The minimum Gasteiger partial charge on any atom is -0.504 e. The van der Waals surface area contributed by atoms with E-state index in [0.717, 1.165) is 17.7 Å². The van der Waals surface area contributed by atoms with Crippen molar-refractivity contribution < 1.29 is 29.3 Å². The Balaban J connectivity index is 1.79. The molecule has 36 heavy (non-hydrogen) atoms. The quantitative estimate of drug-likeness (QED) is 0.342. The Labute approximate surface area is 213 Å². The largest absolute Gasteiger partial charge is 0.504 e. The number of methoxy groups -OCH3 is 1. The topological polar surface area (TPSA) is 134 Å². The summed E-state index contributed by atoms with van der Waals surface area (Å²) in [5.74, 6) is -1.44. The molecule has 5 N–H and O–H groups in total. The van der Waals surface area contributed by atoms with Gasteiger partial charge in [0.25, 0.3) is 0 Å². The van der Waals surface area contributed by atoms with E-state index in [9.17, 15) is 19.8 Å². The standard InChI is InChI=1S/C27H41N3O6/c1-15-17(29-18(14-21(28)32)24(34)36-25(2,3)4)9-10-27(35-6)20-13-16-7-8-19(31)23(33)22(16)26(15,27)11-12-30(20)5/h7-8,15,17-18,20,29,31,33H,9-14H2,1-6H3,(H2,28,32)/t15-,17?,18-,20?,26+,27+/m0/s1. The molecule has 1 aliphatic heterocycles. The number of ether oxygens (including phenoxy) is 2. The average Bonchev–Trinajstić information content (AvgIpc) is 2.78. The molecule has 9 nitrogen and oxygen atoms in total. The predicted molar refractivity (Wildman–Crippen MR) is 135 cm³/mol. The molecule has 4 rings (SSSR count). The van der Waals surface area contributed by atoms with Crippen molar-refractivity contribution in [2.75, 3.05) is 20.7 Å². The highest BCUT2D eigenvalue weighted by molar-refractivity contribution is 5.84. The van der Waals surface area contributed by atoms with E-state index in [-0.39, 0.29) is 35.9 Å². The number of phenolic OH excluding ortho intramolecular Hbond substituents is 2. The van der Waals surface area contributed by atoms with Gasteiger partial charge in [-0.05, 0) is 77.6 Å². The van der Waals surface area contributed by atoms with Crippen molar-refractivity contribution in [3.05, 3.63) is 23.3 Å². The summed E-state index contributed by atoms with van der Waals surface area (Å²) < 4.78 is 12.0. The molecule has 1 heterocycles. The lowest BCUT2D eigenvalue weighted by molar-refractivity contribution is -0.202. The molecule has 1 saturated carbocycles. The highest BCUT2D eigenvalue weighted by Gasteiger charge is 2.69. The third kappa shape index (κ3) is 4.05. The molecule has 2 unspecified atom stereocenters. The van der Waals surface area contributed by atoms with Crippen LogP contribution >= 0.6 is 0 Å². The van der Waals surface area contributed by atoms with Crippen molar-refractivity contribution in [2.45, 2.75) is 94.5 Å². The summed E-state index contributed by atoms with van der Waals surface area (Å²) >= 11 is 0. The first-order chi connectivity index (χ1) is 16.8. The Kier molecular flexibility index (Phi) is 6.81. The van der Waals surface area contributed by atoms with Gasteiger partial charge in [-0.3, -0.25) is 9.59 Å². The molecule has 3 aliphatic rings. The van der Waals surface area contributed by atoms with Crippen LogP contribution in [0.25, 0.3) is 0 Å². The zero-order valence-corrected chi connectivity index (χ0v) is 22.3. The van der Waals surface area contributed by atoms with Crippen molar-refractivity contribution in [1.82, 2.24) is 10.2 Å². The van der Waals surface area contributed by atoms with Crippen molar-refractivity contribution in [2.24, 2.45) is 11.7 Å². The second-order valence-corrected chi connectivity index (χ2v) is 11.8. The Morgan fingerprint density at radius 2 is 1.97 bits per heavy atom. The predicted octanol–water partition coefficient (Wildman–Crippen LogP) is 1.95. The van der Waals surface area contributed by atoms with Crippen LogP contribution in [-0.4, -0.2) is 77.0 Å². The van der Waals surface area contributed by atoms with E-state index in [0.29, 0.717) is 25.7 Å². The molecule has 6 atom stereocenters. The summed E-state index contributed by atoms with van der Waals surface area (Å²) in [5.41, 5.74) is 5.35. The number of primary amides is 1. The smallest absolute Gasteiger partial charge is 0.324 e. The molecule has 0 radical (unpaired) electrons. The van der Waals surface area contributed by atoms with E-state index >= 15 is 0 Å². The summed E-state index contributed by atoms with van der Waals surface area (Å²) in [4.78, 5) is 27.2. The molecule has 2 bridgehead atoms. The van der Waals surface area contributed by atoms with Gasteiger partial charge >= 0.3 is 5.97 Å². The lowest BCUT2D eigenvalue weighted by Gasteiger charge is -2.68.